The molecule has 0 saturated carbocycles. The van der Waals surface area contributed by atoms with Gasteiger partial charge in [0, 0.05) is 31.1 Å². The van der Waals surface area contributed by atoms with Gasteiger partial charge in [-0.15, -0.1) is 0 Å². The minimum Gasteiger partial charge on any atom is -0.348 e. The number of amides is 1. The Kier molecular flexibility index (Phi) is 3.10. The van der Waals surface area contributed by atoms with E-state index in [1.165, 1.54) is 12.1 Å². The molecular weight excluding hydrogens is 226 g/mol. The smallest absolute Gasteiger partial charge is 0.226 e. The second kappa shape index (κ2) is 4.75. The molecule has 4 heteroatoms. The molecule has 4 nitrogen and oxygen atoms in total. The predicted octanol–water partition coefficient (Wildman–Crippen LogP) is 1.77. The van der Waals surface area contributed by atoms with E-state index >= 15 is 0 Å². The van der Waals surface area contributed by atoms with Gasteiger partial charge in [-0.3, -0.25) is 4.79 Å². The normalized spacial score (nSPS) is 27.9. The van der Waals surface area contributed by atoms with Gasteiger partial charge in [0.25, 0.3) is 0 Å². The molecule has 2 unspecified atom stereocenters. The van der Waals surface area contributed by atoms with E-state index in [1.54, 1.807) is 6.33 Å². The number of nitrogens with one attached hydrogen (secondary N) is 1. The van der Waals surface area contributed by atoms with Gasteiger partial charge in [-0.2, -0.15) is 0 Å². The minimum absolute atomic E-state index is 0.170. The highest BCUT2D eigenvalue weighted by atomic mass is 16.2. The number of carbonyl (C=O) groups is 1. The zero-order valence-corrected chi connectivity index (χ0v) is 11.0. The Labute approximate surface area is 108 Å². The number of H-pyrrole nitrogens is 1. The third-order valence-corrected chi connectivity index (χ3v) is 4.31. The predicted molar refractivity (Wildman–Crippen MR) is 69.1 cm³/mol. The molecule has 0 spiro atoms. The van der Waals surface area contributed by atoms with Crippen LogP contribution in [0, 0.1) is 11.8 Å². The lowest BCUT2D eigenvalue weighted by atomic mass is 9.88. The summed E-state index contributed by atoms with van der Waals surface area (Å²) in [6, 6.07) is 0. The molecule has 2 heterocycles. The molecular formula is C14H21N3O. The van der Waals surface area contributed by atoms with Crippen LogP contribution in [0.4, 0.5) is 0 Å². The fraction of sp³-hybridized carbons (Fsp3) is 0.714. The van der Waals surface area contributed by atoms with Gasteiger partial charge < -0.3 is 9.88 Å². The number of hydrogen-bond donors (Lipinski definition) is 1. The quantitative estimate of drug-likeness (QED) is 0.822. The molecule has 98 valence electrons. The van der Waals surface area contributed by atoms with Crippen LogP contribution in [-0.2, 0) is 17.6 Å². The lowest BCUT2D eigenvalue weighted by molar-refractivity contribution is -0.137. The van der Waals surface area contributed by atoms with E-state index in [4.69, 9.17) is 0 Å². The van der Waals surface area contributed by atoms with Crippen molar-refractivity contribution in [2.75, 3.05) is 13.1 Å². The van der Waals surface area contributed by atoms with Crippen molar-refractivity contribution in [2.24, 2.45) is 11.8 Å². The number of aryl methyl sites for hydroxylation is 1. The highest BCUT2D eigenvalue weighted by Crippen LogP contribution is 2.26. The zero-order valence-electron chi connectivity index (χ0n) is 11.0. The Bertz CT molecular complexity index is 440. The maximum Gasteiger partial charge on any atom is 0.226 e. The van der Waals surface area contributed by atoms with Gasteiger partial charge in [0.05, 0.1) is 12.0 Å². The third kappa shape index (κ3) is 2.16. The van der Waals surface area contributed by atoms with Crippen molar-refractivity contribution >= 4 is 5.91 Å². The van der Waals surface area contributed by atoms with Gasteiger partial charge in [0.1, 0.15) is 0 Å². The Morgan fingerprint density at radius 2 is 2.39 bits per heavy atom. The summed E-state index contributed by atoms with van der Waals surface area (Å²) in [5.74, 6) is 1.19. The molecule has 0 aromatic carbocycles. The first-order chi connectivity index (χ1) is 8.74. The molecule has 1 aromatic heterocycles. The van der Waals surface area contributed by atoms with Gasteiger partial charge in [0.15, 0.2) is 0 Å². The molecule has 1 amide bonds. The molecule has 18 heavy (non-hydrogen) atoms. The average Bonchev–Trinajstić information content (AvgIpc) is 2.85. The molecule has 1 N–H and O–H groups in total. The van der Waals surface area contributed by atoms with Crippen LogP contribution in [0.1, 0.15) is 37.6 Å². The highest BCUT2D eigenvalue weighted by Gasteiger charge is 2.31. The van der Waals surface area contributed by atoms with Crippen LogP contribution < -0.4 is 0 Å². The first-order valence-corrected chi connectivity index (χ1v) is 7.04. The molecule has 1 aliphatic carbocycles. The lowest BCUT2D eigenvalue weighted by Gasteiger charge is -2.34. The number of piperidine rings is 1. The van der Waals surface area contributed by atoms with Gasteiger partial charge in [0.2, 0.25) is 5.91 Å². The standard InChI is InChI=1S/C14H21N3O/c1-10-3-2-6-17(8-10)14(18)11-4-5-12-13(7-11)16-9-15-12/h9-11H,2-8H2,1H3,(H,15,16). The monoisotopic (exact) mass is 247 g/mol. The topological polar surface area (TPSA) is 49.0 Å². The molecule has 2 atom stereocenters. The summed E-state index contributed by atoms with van der Waals surface area (Å²) < 4.78 is 0. The number of aromatic nitrogens is 2. The zero-order chi connectivity index (χ0) is 12.5. The summed E-state index contributed by atoms with van der Waals surface area (Å²) in [6.45, 7) is 4.15. The van der Waals surface area contributed by atoms with E-state index in [0.29, 0.717) is 11.8 Å². The van der Waals surface area contributed by atoms with Gasteiger partial charge in [-0.05, 0) is 31.6 Å². The lowest BCUT2D eigenvalue weighted by Crippen LogP contribution is -2.43. The van der Waals surface area contributed by atoms with E-state index in [-0.39, 0.29) is 5.92 Å². The van der Waals surface area contributed by atoms with Gasteiger partial charge >= 0.3 is 0 Å². The highest BCUT2D eigenvalue weighted by molar-refractivity contribution is 5.79. The number of hydrogen-bond acceptors (Lipinski definition) is 2. The van der Waals surface area contributed by atoms with Gasteiger partial charge in [-0.1, -0.05) is 6.92 Å². The van der Waals surface area contributed by atoms with Crippen molar-refractivity contribution in [3.05, 3.63) is 17.7 Å². The number of nitrogens with zero attached hydrogens (tertiary/aromatic N) is 2. The van der Waals surface area contributed by atoms with Crippen LogP contribution in [0.2, 0.25) is 0 Å². The summed E-state index contributed by atoms with van der Waals surface area (Å²) >= 11 is 0. The van der Waals surface area contributed by atoms with Crippen molar-refractivity contribution in [1.82, 2.24) is 14.9 Å². The number of likely N-dealkylation sites (tertiary alicyclic amines) is 1. The second-order valence-electron chi connectivity index (χ2n) is 5.80. The van der Waals surface area contributed by atoms with E-state index in [0.717, 1.165) is 44.5 Å². The summed E-state index contributed by atoms with van der Waals surface area (Å²) in [5, 5.41) is 0. The average molecular weight is 247 g/mol. The fourth-order valence-corrected chi connectivity index (χ4v) is 3.26. The molecule has 1 saturated heterocycles. The maximum absolute atomic E-state index is 12.5. The van der Waals surface area contributed by atoms with Crippen LogP contribution in [0.5, 0.6) is 0 Å². The molecule has 0 bridgehead atoms. The molecule has 3 rings (SSSR count). The molecule has 2 aliphatic rings. The minimum atomic E-state index is 0.170. The van der Waals surface area contributed by atoms with Crippen molar-refractivity contribution < 1.29 is 4.79 Å². The van der Waals surface area contributed by atoms with Crippen molar-refractivity contribution in [1.29, 1.82) is 0 Å². The van der Waals surface area contributed by atoms with Crippen LogP contribution in [-0.4, -0.2) is 33.9 Å². The SMILES string of the molecule is CC1CCCN(C(=O)C2CCc3nc[nH]c3C2)C1. The fourth-order valence-electron chi connectivity index (χ4n) is 3.26. The Morgan fingerprint density at radius 3 is 3.22 bits per heavy atom. The van der Waals surface area contributed by atoms with E-state index < -0.39 is 0 Å². The van der Waals surface area contributed by atoms with Crippen LogP contribution >= 0.6 is 0 Å². The number of fused-ring (bicyclic) bond motifs is 1. The molecule has 1 aromatic rings. The summed E-state index contributed by atoms with van der Waals surface area (Å²) in [7, 11) is 0. The van der Waals surface area contributed by atoms with E-state index in [2.05, 4.69) is 21.8 Å². The van der Waals surface area contributed by atoms with Crippen molar-refractivity contribution in [2.45, 2.75) is 39.0 Å². The summed E-state index contributed by atoms with van der Waals surface area (Å²) in [6.07, 6.45) is 6.92. The number of aromatic amines is 1. The van der Waals surface area contributed by atoms with Gasteiger partial charge in [-0.25, -0.2) is 4.98 Å². The Balaban J connectivity index is 1.67. The first kappa shape index (κ1) is 11.8. The number of imidazole rings is 1. The molecule has 1 aliphatic heterocycles. The third-order valence-electron chi connectivity index (χ3n) is 4.31. The van der Waals surface area contributed by atoms with Crippen LogP contribution in [0.3, 0.4) is 0 Å². The summed E-state index contributed by atoms with van der Waals surface area (Å²) in [4.78, 5) is 22.1. The Morgan fingerprint density at radius 1 is 1.50 bits per heavy atom. The maximum atomic E-state index is 12.5. The first-order valence-electron chi connectivity index (χ1n) is 7.04. The van der Waals surface area contributed by atoms with Crippen molar-refractivity contribution in [3.8, 4) is 0 Å². The number of rotatable bonds is 1. The van der Waals surface area contributed by atoms with Crippen LogP contribution in [0.25, 0.3) is 0 Å². The molecule has 1 fully saturated rings. The van der Waals surface area contributed by atoms with E-state index in [1.807, 2.05) is 0 Å². The largest absolute Gasteiger partial charge is 0.348 e. The molecule has 0 radical (unpaired) electrons. The Hall–Kier alpha value is -1.32. The van der Waals surface area contributed by atoms with Crippen LogP contribution in [0.15, 0.2) is 6.33 Å². The van der Waals surface area contributed by atoms with E-state index in [9.17, 15) is 4.79 Å². The number of carbonyl (C=O) groups excluding carboxylic acids is 1. The second-order valence-corrected chi connectivity index (χ2v) is 5.80. The van der Waals surface area contributed by atoms with Crippen molar-refractivity contribution in [3.63, 3.8) is 0 Å². The summed E-state index contributed by atoms with van der Waals surface area (Å²) in [5.41, 5.74) is 2.33.